The van der Waals surface area contributed by atoms with Gasteiger partial charge in [0.25, 0.3) is 5.91 Å². The van der Waals surface area contributed by atoms with Gasteiger partial charge >= 0.3 is 0 Å². The smallest absolute Gasteiger partial charge is 0.265 e. The molecule has 4 fully saturated rings. The quantitative estimate of drug-likeness (QED) is 0.458. The van der Waals surface area contributed by atoms with Crippen molar-refractivity contribution < 1.29 is 23.9 Å². The molecule has 0 aromatic carbocycles. The van der Waals surface area contributed by atoms with Crippen molar-refractivity contribution in [2.24, 2.45) is 28.6 Å². The number of aryl methyl sites for hydroxylation is 1. The molecule has 4 aliphatic rings. The van der Waals surface area contributed by atoms with Crippen molar-refractivity contribution in [2.75, 3.05) is 39.8 Å². The Morgan fingerprint density at radius 1 is 1.10 bits per heavy atom. The molecule has 1 aromatic rings. The van der Waals surface area contributed by atoms with Crippen molar-refractivity contribution in [3.8, 4) is 0 Å². The highest BCUT2D eigenvalue weighted by atomic mass is 32.1. The van der Waals surface area contributed by atoms with E-state index in [1.54, 1.807) is 18.1 Å². The van der Waals surface area contributed by atoms with Crippen molar-refractivity contribution in [2.45, 2.75) is 78.4 Å². The van der Waals surface area contributed by atoms with E-state index in [-0.39, 0.29) is 41.5 Å². The van der Waals surface area contributed by atoms with Crippen LogP contribution in [0.1, 0.15) is 74.0 Å². The van der Waals surface area contributed by atoms with E-state index in [0.29, 0.717) is 37.0 Å². The maximum atomic E-state index is 13.9. The zero-order valence-corrected chi connectivity index (χ0v) is 25.8. The van der Waals surface area contributed by atoms with Gasteiger partial charge in [0.05, 0.1) is 23.2 Å². The monoisotopic (exact) mass is 587 g/mol. The fourth-order valence-electron chi connectivity index (χ4n) is 6.94. The zero-order valence-electron chi connectivity index (χ0n) is 25.0. The van der Waals surface area contributed by atoms with E-state index in [2.05, 4.69) is 29.5 Å². The summed E-state index contributed by atoms with van der Waals surface area (Å²) in [5.74, 6) is -0.644. The zero-order chi connectivity index (χ0) is 29.5. The number of amides is 4. The van der Waals surface area contributed by atoms with E-state index < -0.39 is 23.5 Å². The second-order valence-electron chi connectivity index (χ2n) is 13.4. The number of likely N-dealkylation sites (N-methyl/N-ethyl adjacent to an activating group) is 1. The first-order chi connectivity index (χ1) is 19.4. The highest BCUT2D eigenvalue weighted by Gasteiger charge is 2.62. The van der Waals surface area contributed by atoms with Crippen LogP contribution < -0.4 is 10.6 Å². The summed E-state index contributed by atoms with van der Waals surface area (Å²) in [5, 5.41) is 6.47. The van der Waals surface area contributed by atoms with E-state index in [9.17, 15) is 19.2 Å². The van der Waals surface area contributed by atoms with Crippen molar-refractivity contribution in [1.82, 2.24) is 25.4 Å². The molecule has 11 heteroatoms. The Kier molecular flexibility index (Phi) is 8.49. The highest BCUT2D eigenvalue weighted by molar-refractivity contribution is 7.13. The molecule has 3 heterocycles. The van der Waals surface area contributed by atoms with Crippen LogP contribution in [0.4, 0.5) is 0 Å². The van der Waals surface area contributed by atoms with Gasteiger partial charge in [-0.15, -0.1) is 11.3 Å². The van der Waals surface area contributed by atoms with Crippen LogP contribution in [0.2, 0.25) is 0 Å². The Balaban J connectivity index is 1.29. The van der Waals surface area contributed by atoms with Crippen molar-refractivity contribution in [3.05, 3.63) is 16.1 Å². The third kappa shape index (κ3) is 6.16. The highest BCUT2D eigenvalue weighted by Crippen LogP contribution is 2.54. The second-order valence-corrected chi connectivity index (χ2v) is 14.7. The number of hydrogen-bond acceptors (Lipinski definition) is 7. The molecular weight excluding hydrogens is 542 g/mol. The number of thiazole rings is 1. The number of hydrogen-bond donors (Lipinski definition) is 2. The predicted molar refractivity (Wildman–Crippen MR) is 155 cm³/mol. The molecular formula is C30H45N5O5S. The van der Waals surface area contributed by atoms with Crippen LogP contribution in [-0.4, -0.2) is 90.4 Å². The Morgan fingerprint density at radius 2 is 1.76 bits per heavy atom. The number of rotatable bonds is 9. The summed E-state index contributed by atoms with van der Waals surface area (Å²) in [7, 11) is 1.55. The standard InChI is InChI=1S/C30H45N5O5S/c1-18(40-14-20-9-7-6-8-10-20)24(26(37)31-5)33-25(36)22-13-34(28(39)23-12-32-19(2)41-23)15-30(22)16-35(17-30)27(38)21-11-29(21,3)4/h12,18,20-22,24H,6-11,13-17H2,1-5H3,(H,31,37)(H,33,36)/t18-,21-,22+,24+/m1/s1. The Bertz CT molecular complexity index is 1170. The summed E-state index contributed by atoms with van der Waals surface area (Å²) in [4.78, 5) is 61.7. The minimum atomic E-state index is -0.855. The molecule has 2 saturated carbocycles. The van der Waals surface area contributed by atoms with Gasteiger partial charge in [0.2, 0.25) is 17.7 Å². The van der Waals surface area contributed by atoms with E-state index in [1.165, 1.54) is 30.6 Å². The van der Waals surface area contributed by atoms with Crippen molar-refractivity contribution in [1.29, 1.82) is 0 Å². The molecule has 0 unspecified atom stereocenters. The molecule has 2 N–H and O–H groups in total. The number of likely N-dealkylation sites (tertiary alicyclic amines) is 2. The maximum Gasteiger partial charge on any atom is 0.265 e. The van der Waals surface area contributed by atoms with Gasteiger partial charge in [0.1, 0.15) is 10.9 Å². The third-order valence-electron chi connectivity index (χ3n) is 9.83. The van der Waals surface area contributed by atoms with Crippen LogP contribution >= 0.6 is 11.3 Å². The second kappa shape index (κ2) is 11.6. The average molecular weight is 588 g/mol. The number of carbonyl (C=O) groups excluding carboxylic acids is 4. The number of carbonyl (C=O) groups is 4. The summed E-state index contributed by atoms with van der Waals surface area (Å²) in [6, 6.07) is -0.855. The van der Waals surface area contributed by atoms with Gasteiger partial charge in [-0.1, -0.05) is 33.1 Å². The molecule has 4 atom stereocenters. The molecule has 1 spiro atoms. The molecule has 226 valence electrons. The lowest BCUT2D eigenvalue weighted by atomic mass is 9.70. The van der Waals surface area contributed by atoms with Crippen molar-refractivity contribution in [3.63, 3.8) is 0 Å². The first-order valence-electron chi connectivity index (χ1n) is 15.1. The van der Waals surface area contributed by atoms with Crippen LogP contribution in [0.25, 0.3) is 0 Å². The molecule has 0 bridgehead atoms. The molecule has 2 saturated heterocycles. The van der Waals surface area contributed by atoms with Gasteiger partial charge in [-0.2, -0.15) is 0 Å². The largest absolute Gasteiger partial charge is 0.376 e. The average Bonchev–Trinajstić information content (AvgIpc) is 3.24. The van der Waals surface area contributed by atoms with Gasteiger partial charge in [0.15, 0.2) is 0 Å². The lowest BCUT2D eigenvalue weighted by molar-refractivity contribution is -0.152. The minimum absolute atomic E-state index is 0.0197. The summed E-state index contributed by atoms with van der Waals surface area (Å²) in [6.07, 6.45) is 7.88. The summed E-state index contributed by atoms with van der Waals surface area (Å²) < 4.78 is 6.14. The molecule has 0 radical (unpaired) electrons. The van der Waals surface area contributed by atoms with Gasteiger partial charge in [-0.3, -0.25) is 19.2 Å². The van der Waals surface area contributed by atoms with Crippen LogP contribution in [-0.2, 0) is 19.1 Å². The lowest BCUT2D eigenvalue weighted by Gasteiger charge is -2.50. The van der Waals surface area contributed by atoms with Crippen LogP contribution in [0.3, 0.4) is 0 Å². The van der Waals surface area contributed by atoms with E-state index in [4.69, 9.17) is 4.74 Å². The van der Waals surface area contributed by atoms with Crippen LogP contribution in [0.15, 0.2) is 6.20 Å². The Morgan fingerprint density at radius 3 is 2.34 bits per heavy atom. The van der Waals surface area contributed by atoms with Crippen LogP contribution in [0.5, 0.6) is 0 Å². The van der Waals surface area contributed by atoms with Gasteiger partial charge in [-0.05, 0) is 44.4 Å². The molecule has 4 amide bonds. The molecule has 5 rings (SSSR count). The topological polar surface area (TPSA) is 121 Å². The van der Waals surface area contributed by atoms with E-state index >= 15 is 0 Å². The number of ether oxygens (including phenoxy) is 1. The summed E-state index contributed by atoms with van der Waals surface area (Å²) in [6.45, 7) is 9.94. The molecule has 2 aliphatic heterocycles. The molecule has 1 aromatic heterocycles. The first-order valence-corrected chi connectivity index (χ1v) is 15.9. The fraction of sp³-hybridized carbons (Fsp3) is 0.767. The first kappa shape index (κ1) is 29.9. The Hall–Kier alpha value is -2.53. The minimum Gasteiger partial charge on any atom is -0.376 e. The van der Waals surface area contributed by atoms with Gasteiger partial charge in [-0.25, -0.2) is 4.98 Å². The Labute approximate surface area is 247 Å². The number of nitrogens with one attached hydrogen (secondary N) is 2. The number of nitrogens with zero attached hydrogens (tertiary/aromatic N) is 3. The van der Waals surface area contributed by atoms with E-state index in [0.717, 1.165) is 24.3 Å². The predicted octanol–water partition coefficient (Wildman–Crippen LogP) is 2.61. The summed E-state index contributed by atoms with van der Waals surface area (Å²) in [5.41, 5.74) is -0.527. The third-order valence-corrected chi connectivity index (χ3v) is 10.7. The molecule has 41 heavy (non-hydrogen) atoms. The van der Waals surface area contributed by atoms with Crippen molar-refractivity contribution >= 4 is 35.0 Å². The number of aromatic nitrogens is 1. The normalized spacial score (nSPS) is 26.3. The molecule has 2 aliphatic carbocycles. The van der Waals surface area contributed by atoms with Gasteiger partial charge in [0, 0.05) is 51.2 Å². The SMILES string of the molecule is CNC(=O)[C@@H](NC(=O)[C@@H]1CN(C(=O)c2cnc(C)s2)CC12CN(C(=O)[C@H]1CC1(C)C)C2)[C@@H](C)OCC1CCCCC1. The summed E-state index contributed by atoms with van der Waals surface area (Å²) >= 11 is 1.34. The fourth-order valence-corrected chi connectivity index (χ4v) is 7.69. The van der Waals surface area contributed by atoms with Crippen LogP contribution in [0, 0.1) is 35.5 Å². The lowest BCUT2D eigenvalue weighted by Crippen LogP contribution is -2.65. The maximum absolute atomic E-state index is 13.9. The van der Waals surface area contributed by atoms with Gasteiger partial charge < -0.3 is 25.2 Å². The van der Waals surface area contributed by atoms with E-state index in [1.807, 2.05) is 18.7 Å². The molecule has 10 nitrogen and oxygen atoms in total.